The smallest absolute Gasteiger partial charge is 0.364 e. The average molecular weight is 392 g/mol. The van der Waals surface area contributed by atoms with E-state index in [0.717, 1.165) is 0 Å². The molecule has 0 aliphatic carbocycles. The zero-order chi connectivity index (χ0) is 19.4. The van der Waals surface area contributed by atoms with Crippen molar-refractivity contribution in [1.82, 2.24) is 0 Å². The van der Waals surface area contributed by atoms with Crippen molar-refractivity contribution < 1.29 is 38.3 Å². The highest BCUT2D eigenvalue weighted by atomic mass is 32.2. The van der Waals surface area contributed by atoms with Crippen LogP contribution in [0.25, 0.3) is 0 Å². The third-order valence-corrected chi connectivity index (χ3v) is 5.19. The zero-order valence-corrected chi connectivity index (χ0v) is 16.9. The van der Waals surface area contributed by atoms with Crippen molar-refractivity contribution in [3.63, 3.8) is 0 Å². The molecular weight excluding hydrogens is 364 g/mol. The maximum absolute atomic E-state index is 12.1. The Morgan fingerprint density at radius 2 is 1.85 bits per heavy atom. The number of fused-ring (bicyclic) bond motifs is 1. The fourth-order valence-electron chi connectivity index (χ4n) is 3.99. The lowest BCUT2D eigenvalue weighted by atomic mass is 9.82. The molecule has 3 fully saturated rings. The fourth-order valence-corrected chi connectivity index (χ4v) is 4.29. The number of thioether (sulfide) groups is 1. The molecule has 8 nitrogen and oxygen atoms in total. The van der Waals surface area contributed by atoms with E-state index in [-0.39, 0.29) is 19.0 Å². The highest BCUT2D eigenvalue weighted by Gasteiger charge is 2.66. The van der Waals surface area contributed by atoms with Crippen LogP contribution in [0.4, 0.5) is 0 Å². The lowest BCUT2D eigenvalue weighted by Crippen LogP contribution is -2.66. The summed E-state index contributed by atoms with van der Waals surface area (Å²) in [4.78, 5) is 12.1. The van der Waals surface area contributed by atoms with Gasteiger partial charge in [-0.15, -0.1) is 11.8 Å². The first-order chi connectivity index (χ1) is 11.9. The van der Waals surface area contributed by atoms with Gasteiger partial charge in [-0.1, -0.05) is 0 Å². The van der Waals surface area contributed by atoms with Crippen LogP contribution in [-0.4, -0.2) is 71.2 Å². The van der Waals surface area contributed by atoms with Crippen molar-refractivity contribution in [3.05, 3.63) is 0 Å². The van der Waals surface area contributed by atoms with Crippen LogP contribution in [0, 0.1) is 0 Å². The first kappa shape index (κ1) is 20.3. The van der Waals surface area contributed by atoms with Crippen LogP contribution in [0.15, 0.2) is 0 Å². The molecule has 3 aliphatic heterocycles. The quantitative estimate of drug-likeness (QED) is 0.705. The number of carboxylic acid groups (broad SMARTS) is 1. The Morgan fingerprint density at radius 1 is 1.15 bits per heavy atom. The Bertz CT molecular complexity index is 567. The first-order valence-corrected chi connectivity index (χ1v) is 10.1. The van der Waals surface area contributed by atoms with Crippen LogP contribution < -0.4 is 0 Å². The first-order valence-electron chi connectivity index (χ1n) is 8.66. The Labute approximate surface area is 157 Å². The van der Waals surface area contributed by atoms with Crippen LogP contribution >= 0.6 is 11.8 Å². The average Bonchev–Trinajstić information content (AvgIpc) is 2.98. The van der Waals surface area contributed by atoms with Crippen LogP contribution in [0.1, 0.15) is 41.0 Å². The van der Waals surface area contributed by atoms with E-state index in [9.17, 15) is 9.90 Å². The van der Waals surface area contributed by atoms with Crippen molar-refractivity contribution in [3.8, 4) is 0 Å². The molecule has 3 aliphatic rings. The minimum Gasteiger partial charge on any atom is -0.477 e. The molecule has 0 spiro atoms. The predicted octanol–water partition coefficient (Wildman–Crippen LogP) is 1.95. The van der Waals surface area contributed by atoms with Gasteiger partial charge in [-0.05, 0) is 40.9 Å². The van der Waals surface area contributed by atoms with E-state index < -0.39 is 47.2 Å². The second-order valence-corrected chi connectivity index (χ2v) is 8.90. The summed E-state index contributed by atoms with van der Waals surface area (Å²) in [5, 5.41) is 9.92. The molecular formula is C17H28O8S. The molecule has 9 heteroatoms. The molecule has 1 N–H and O–H groups in total. The largest absolute Gasteiger partial charge is 0.477 e. The van der Waals surface area contributed by atoms with Crippen LogP contribution in [0.2, 0.25) is 0 Å². The fraction of sp³-hybridized carbons (Fsp3) is 0.941. The highest BCUT2D eigenvalue weighted by molar-refractivity contribution is 7.98. The third kappa shape index (κ3) is 3.63. The summed E-state index contributed by atoms with van der Waals surface area (Å²) in [6.45, 7) is 9.32. The monoisotopic (exact) mass is 392 g/mol. The van der Waals surface area contributed by atoms with Gasteiger partial charge in [0.1, 0.15) is 23.9 Å². The summed E-state index contributed by atoms with van der Waals surface area (Å²) < 4.78 is 35.5. The van der Waals surface area contributed by atoms with Crippen LogP contribution in [-0.2, 0) is 33.2 Å². The number of carbonyl (C=O) groups is 1. The molecule has 0 aromatic carbocycles. The van der Waals surface area contributed by atoms with E-state index in [1.165, 1.54) is 11.8 Å². The summed E-state index contributed by atoms with van der Waals surface area (Å²) in [7, 11) is 0. The van der Waals surface area contributed by atoms with Gasteiger partial charge in [0.05, 0.1) is 12.5 Å². The predicted molar refractivity (Wildman–Crippen MR) is 92.7 cm³/mol. The van der Waals surface area contributed by atoms with E-state index in [0.29, 0.717) is 0 Å². The summed E-state index contributed by atoms with van der Waals surface area (Å²) in [5.74, 6) is -4.49. The number of hydrogen-bond acceptors (Lipinski definition) is 8. The van der Waals surface area contributed by atoms with Gasteiger partial charge in [-0.3, -0.25) is 0 Å². The molecule has 1 unspecified atom stereocenters. The van der Waals surface area contributed by atoms with Gasteiger partial charge >= 0.3 is 5.97 Å². The molecule has 3 rings (SSSR count). The molecule has 0 amide bonds. The van der Waals surface area contributed by atoms with Crippen molar-refractivity contribution in [2.75, 3.05) is 18.8 Å². The highest BCUT2D eigenvalue weighted by Crippen LogP contribution is 2.50. The third-order valence-electron chi connectivity index (χ3n) is 4.83. The van der Waals surface area contributed by atoms with Crippen molar-refractivity contribution in [2.45, 2.75) is 82.3 Å². The van der Waals surface area contributed by atoms with E-state index in [1.807, 2.05) is 13.2 Å². The van der Waals surface area contributed by atoms with Crippen LogP contribution in [0.3, 0.4) is 0 Å². The van der Waals surface area contributed by atoms with Gasteiger partial charge in [-0.2, -0.15) is 0 Å². The standard InChI is InChI=1S/C17H28O8S/c1-14(2)20-7-10(22-14)11-12-16(5,25-15(3,4)24-12)8-17(23-11,13(18)19)21-9-26-6/h10-12H,7-9H2,1-6H3,(H,18,19)/t10-,11-,12+,16-,17?/m1/s1. The van der Waals surface area contributed by atoms with Crippen LogP contribution in [0.5, 0.6) is 0 Å². The SMILES string of the molecule is CSCOC1(C(=O)O)C[C@@]2(C)OC(C)(C)O[C@H]2[C@@H]([C@H]2COC(C)(C)O2)O1. The van der Waals surface area contributed by atoms with Gasteiger partial charge in [0, 0.05) is 6.42 Å². The molecule has 0 aromatic heterocycles. The Balaban J connectivity index is 1.96. The molecule has 150 valence electrons. The van der Waals surface area contributed by atoms with E-state index in [4.69, 9.17) is 28.4 Å². The number of rotatable bonds is 5. The van der Waals surface area contributed by atoms with E-state index >= 15 is 0 Å². The van der Waals surface area contributed by atoms with Gasteiger partial charge in [0.25, 0.3) is 5.79 Å². The zero-order valence-electron chi connectivity index (χ0n) is 16.1. The lowest BCUT2D eigenvalue weighted by molar-refractivity contribution is -0.320. The number of aliphatic carboxylic acids is 1. The Hall–Kier alpha value is -0.420. The maximum Gasteiger partial charge on any atom is 0.364 e. The second kappa shape index (κ2) is 6.58. The summed E-state index contributed by atoms with van der Waals surface area (Å²) >= 11 is 1.37. The minimum absolute atomic E-state index is 0.0114. The number of carboxylic acids is 1. The van der Waals surface area contributed by atoms with Crippen molar-refractivity contribution in [2.24, 2.45) is 0 Å². The van der Waals surface area contributed by atoms with Gasteiger partial charge in [0.2, 0.25) is 0 Å². The summed E-state index contributed by atoms with van der Waals surface area (Å²) in [6, 6.07) is 0. The molecule has 0 bridgehead atoms. The molecule has 26 heavy (non-hydrogen) atoms. The molecule has 0 radical (unpaired) electrons. The van der Waals surface area contributed by atoms with E-state index in [1.54, 1.807) is 27.7 Å². The summed E-state index contributed by atoms with van der Waals surface area (Å²) in [5.41, 5.74) is -0.903. The number of hydrogen-bond donors (Lipinski definition) is 1. The Morgan fingerprint density at radius 3 is 2.38 bits per heavy atom. The van der Waals surface area contributed by atoms with Gasteiger partial charge in [-0.25, -0.2) is 4.79 Å². The van der Waals surface area contributed by atoms with E-state index in [2.05, 4.69) is 0 Å². The summed E-state index contributed by atoms with van der Waals surface area (Å²) in [6.07, 6.45) is 0.122. The lowest BCUT2D eigenvalue weighted by Gasteiger charge is -2.48. The molecule has 0 saturated carbocycles. The van der Waals surface area contributed by atoms with Crippen molar-refractivity contribution >= 4 is 17.7 Å². The number of ether oxygens (including phenoxy) is 6. The second-order valence-electron chi connectivity index (χ2n) is 8.09. The molecule has 3 saturated heterocycles. The molecule has 5 atom stereocenters. The Kier molecular flexibility index (Phi) is 5.14. The maximum atomic E-state index is 12.1. The normalized spacial score (nSPS) is 44.0. The molecule has 3 heterocycles. The van der Waals surface area contributed by atoms with Gasteiger partial charge in [0.15, 0.2) is 11.6 Å². The molecule has 0 aromatic rings. The minimum atomic E-state index is -1.83. The van der Waals surface area contributed by atoms with Gasteiger partial charge < -0.3 is 33.5 Å². The topological polar surface area (TPSA) is 92.7 Å². The van der Waals surface area contributed by atoms with Crippen molar-refractivity contribution in [1.29, 1.82) is 0 Å².